The summed E-state index contributed by atoms with van der Waals surface area (Å²) in [6.07, 6.45) is 0.513. The Kier molecular flexibility index (Phi) is 4.35. The molecule has 1 unspecified atom stereocenters. The van der Waals surface area contributed by atoms with Crippen LogP contribution in [0.3, 0.4) is 0 Å². The molecule has 23 heavy (non-hydrogen) atoms. The highest BCUT2D eigenvalue weighted by molar-refractivity contribution is 6.30. The quantitative estimate of drug-likeness (QED) is 0.941. The molecule has 2 aromatic rings. The first-order valence-electron chi connectivity index (χ1n) is 7.34. The van der Waals surface area contributed by atoms with Gasteiger partial charge in [0.15, 0.2) is 0 Å². The van der Waals surface area contributed by atoms with E-state index < -0.39 is 6.04 Å². The van der Waals surface area contributed by atoms with Gasteiger partial charge < -0.3 is 10.2 Å². The maximum absolute atomic E-state index is 12.5. The molecular formula is C18H16ClN2O2. The number of amides is 2. The van der Waals surface area contributed by atoms with Gasteiger partial charge in [-0.1, -0.05) is 35.9 Å². The standard InChI is InChI=1S/C18H16ClN2O2/c1-21-16(10-13-4-2-3-5-15(13)18(21)23)17(22)20-11-12-6-8-14(19)9-7-12/h2,4-9,16H,10-11H2,1H3,(H,20,22). The number of fused-ring (bicyclic) bond motifs is 1. The summed E-state index contributed by atoms with van der Waals surface area (Å²) < 4.78 is 0. The van der Waals surface area contributed by atoms with E-state index in [1.807, 2.05) is 18.2 Å². The number of nitrogens with zero attached hydrogens (tertiary/aromatic N) is 1. The Labute approximate surface area is 140 Å². The van der Waals surface area contributed by atoms with E-state index in [1.54, 1.807) is 31.3 Å². The summed E-state index contributed by atoms with van der Waals surface area (Å²) in [5.41, 5.74) is 2.47. The fourth-order valence-corrected chi connectivity index (χ4v) is 2.82. The number of rotatable bonds is 3. The van der Waals surface area contributed by atoms with Crippen LogP contribution in [0.1, 0.15) is 21.5 Å². The highest BCUT2D eigenvalue weighted by Crippen LogP contribution is 2.22. The van der Waals surface area contributed by atoms with Gasteiger partial charge in [-0.3, -0.25) is 9.59 Å². The molecule has 0 saturated carbocycles. The molecule has 0 aromatic heterocycles. The van der Waals surface area contributed by atoms with Crippen LogP contribution in [0.15, 0.2) is 42.5 Å². The highest BCUT2D eigenvalue weighted by atomic mass is 35.5. The van der Waals surface area contributed by atoms with E-state index in [0.29, 0.717) is 23.6 Å². The van der Waals surface area contributed by atoms with Crippen molar-refractivity contribution in [2.45, 2.75) is 19.0 Å². The molecule has 2 aromatic carbocycles. The van der Waals surface area contributed by atoms with Crippen LogP contribution < -0.4 is 5.32 Å². The Morgan fingerprint density at radius 2 is 2.09 bits per heavy atom. The average Bonchev–Trinajstić information content (AvgIpc) is 2.57. The second-order valence-electron chi connectivity index (χ2n) is 5.56. The average molecular weight is 328 g/mol. The van der Waals surface area contributed by atoms with Crippen LogP contribution >= 0.6 is 11.6 Å². The van der Waals surface area contributed by atoms with Crippen LogP contribution in [0.4, 0.5) is 0 Å². The number of hydrogen-bond acceptors (Lipinski definition) is 2. The molecule has 0 saturated heterocycles. The summed E-state index contributed by atoms with van der Waals surface area (Å²) in [7, 11) is 1.66. The number of halogens is 1. The number of nitrogens with one attached hydrogen (secondary N) is 1. The van der Waals surface area contributed by atoms with Crippen molar-refractivity contribution in [1.82, 2.24) is 10.2 Å². The molecule has 0 bridgehead atoms. The van der Waals surface area contributed by atoms with Crippen molar-refractivity contribution in [3.63, 3.8) is 0 Å². The van der Waals surface area contributed by atoms with E-state index in [0.717, 1.165) is 11.1 Å². The minimum Gasteiger partial charge on any atom is -0.350 e. The monoisotopic (exact) mass is 327 g/mol. The summed E-state index contributed by atoms with van der Waals surface area (Å²) in [6.45, 7) is 0.407. The largest absolute Gasteiger partial charge is 0.350 e. The Balaban J connectivity index is 1.70. The molecule has 3 rings (SSSR count). The lowest BCUT2D eigenvalue weighted by Crippen LogP contribution is -2.51. The first-order chi connectivity index (χ1) is 11.1. The Hall–Kier alpha value is -2.33. The molecule has 117 valence electrons. The molecular weight excluding hydrogens is 312 g/mol. The minimum atomic E-state index is -0.496. The first kappa shape index (κ1) is 15.6. The van der Waals surface area contributed by atoms with Crippen LogP contribution in [0.25, 0.3) is 0 Å². The maximum Gasteiger partial charge on any atom is 0.254 e. The molecule has 5 heteroatoms. The second kappa shape index (κ2) is 6.42. The predicted octanol–water partition coefficient (Wildman–Crippen LogP) is 2.45. The molecule has 0 spiro atoms. The molecule has 1 heterocycles. The normalized spacial score (nSPS) is 16.9. The number of likely N-dealkylation sites (N-methyl/N-ethyl adjacent to an activating group) is 1. The Bertz CT molecular complexity index is 743. The first-order valence-corrected chi connectivity index (χ1v) is 7.72. The van der Waals surface area contributed by atoms with Crippen LogP contribution in [0.5, 0.6) is 0 Å². The van der Waals surface area contributed by atoms with E-state index in [1.165, 1.54) is 4.90 Å². The molecule has 1 radical (unpaired) electrons. The van der Waals surface area contributed by atoms with Crippen molar-refractivity contribution >= 4 is 23.4 Å². The second-order valence-corrected chi connectivity index (χ2v) is 6.00. The zero-order valence-electron chi connectivity index (χ0n) is 12.7. The summed E-state index contributed by atoms with van der Waals surface area (Å²) in [4.78, 5) is 26.3. The van der Waals surface area contributed by atoms with E-state index >= 15 is 0 Å². The third kappa shape index (κ3) is 3.22. The van der Waals surface area contributed by atoms with E-state index in [2.05, 4.69) is 11.4 Å². The number of benzene rings is 2. The molecule has 1 atom stereocenters. The lowest BCUT2D eigenvalue weighted by molar-refractivity contribution is -0.125. The minimum absolute atomic E-state index is 0.144. The molecule has 1 aliphatic rings. The Morgan fingerprint density at radius 3 is 2.83 bits per heavy atom. The lowest BCUT2D eigenvalue weighted by Gasteiger charge is -2.32. The Morgan fingerprint density at radius 1 is 1.35 bits per heavy atom. The van der Waals surface area contributed by atoms with Crippen molar-refractivity contribution in [2.75, 3.05) is 7.05 Å². The summed E-state index contributed by atoms with van der Waals surface area (Å²) in [5.74, 6) is -0.302. The maximum atomic E-state index is 12.5. The van der Waals surface area contributed by atoms with Crippen molar-refractivity contribution in [3.8, 4) is 0 Å². The van der Waals surface area contributed by atoms with Crippen molar-refractivity contribution in [2.24, 2.45) is 0 Å². The number of hydrogen-bond donors (Lipinski definition) is 1. The van der Waals surface area contributed by atoms with Gasteiger partial charge in [-0.2, -0.15) is 0 Å². The zero-order chi connectivity index (χ0) is 16.4. The fraction of sp³-hybridized carbons (Fsp3) is 0.222. The molecule has 1 N–H and O–H groups in total. The van der Waals surface area contributed by atoms with E-state index in [4.69, 9.17) is 11.6 Å². The van der Waals surface area contributed by atoms with Gasteiger partial charge in [0.1, 0.15) is 6.04 Å². The molecule has 0 fully saturated rings. The zero-order valence-corrected chi connectivity index (χ0v) is 13.4. The van der Waals surface area contributed by atoms with Crippen molar-refractivity contribution < 1.29 is 9.59 Å². The molecule has 2 amide bonds. The van der Waals surface area contributed by atoms with Crippen molar-refractivity contribution in [1.29, 1.82) is 0 Å². The van der Waals surface area contributed by atoms with Crippen LogP contribution in [-0.4, -0.2) is 29.8 Å². The predicted molar refractivity (Wildman–Crippen MR) is 88.2 cm³/mol. The molecule has 4 nitrogen and oxygen atoms in total. The molecule has 1 aliphatic heterocycles. The van der Waals surface area contributed by atoms with Crippen molar-refractivity contribution in [3.05, 3.63) is 70.2 Å². The van der Waals surface area contributed by atoms with Gasteiger partial charge in [-0.05, 0) is 35.4 Å². The molecule has 0 aliphatic carbocycles. The van der Waals surface area contributed by atoms with E-state index in [9.17, 15) is 9.59 Å². The van der Waals surface area contributed by atoms with Gasteiger partial charge in [0, 0.05) is 30.6 Å². The third-order valence-electron chi connectivity index (χ3n) is 4.07. The highest BCUT2D eigenvalue weighted by Gasteiger charge is 2.33. The van der Waals surface area contributed by atoms with Gasteiger partial charge in [-0.25, -0.2) is 0 Å². The van der Waals surface area contributed by atoms with Crippen LogP contribution in [0.2, 0.25) is 5.02 Å². The summed E-state index contributed by atoms with van der Waals surface area (Å²) in [5, 5.41) is 3.54. The smallest absolute Gasteiger partial charge is 0.254 e. The summed E-state index contributed by atoms with van der Waals surface area (Å²) in [6, 6.07) is 15.0. The third-order valence-corrected chi connectivity index (χ3v) is 4.32. The number of carbonyl (C=O) groups excluding carboxylic acids is 2. The lowest BCUT2D eigenvalue weighted by atomic mass is 9.93. The van der Waals surface area contributed by atoms with Gasteiger partial charge in [0.05, 0.1) is 0 Å². The van der Waals surface area contributed by atoms with E-state index in [-0.39, 0.29) is 11.8 Å². The fourth-order valence-electron chi connectivity index (χ4n) is 2.69. The van der Waals surface area contributed by atoms with Gasteiger partial charge in [0.2, 0.25) is 5.91 Å². The summed E-state index contributed by atoms with van der Waals surface area (Å²) >= 11 is 5.85. The van der Waals surface area contributed by atoms with Gasteiger partial charge in [0.25, 0.3) is 5.91 Å². The van der Waals surface area contributed by atoms with Gasteiger partial charge >= 0.3 is 0 Å². The van der Waals surface area contributed by atoms with Crippen LogP contribution in [-0.2, 0) is 17.8 Å². The SMILES string of the molecule is CN1C(=O)c2c[c]ccc2CC1C(=O)NCc1ccc(Cl)cc1. The number of carbonyl (C=O) groups is 2. The topological polar surface area (TPSA) is 49.4 Å². The van der Waals surface area contributed by atoms with Gasteiger partial charge in [-0.15, -0.1) is 0 Å². The van der Waals surface area contributed by atoms with Crippen LogP contribution in [0, 0.1) is 6.07 Å².